The molecule has 1 aromatic carbocycles. The highest BCUT2D eigenvalue weighted by molar-refractivity contribution is 5.89. The average molecular weight is 408 g/mol. The minimum absolute atomic E-state index is 0.0763. The second kappa shape index (κ2) is 13.0. The minimum Gasteiger partial charge on any atom is -0.481 e. The summed E-state index contributed by atoms with van der Waals surface area (Å²) in [5.74, 6) is -2.12. The van der Waals surface area contributed by atoms with E-state index in [4.69, 9.17) is 5.11 Å². The summed E-state index contributed by atoms with van der Waals surface area (Å²) in [4.78, 5) is 45.1. The van der Waals surface area contributed by atoms with E-state index >= 15 is 0 Å². The standard InChI is InChI=1S/C19H28N4O6/c1-13-7-9-14(10-8-13)22-18(28)20-11-3-2-5-15(17(26)27)23-19(29)21-12-4-6-16(24)25/h7-10,15H,2-6,11-12H2,1H3,(H,24,25)(H,26,27)(H2,20,22,28)(H2,21,23,29)/t15-/m0/s1. The number of carboxylic acid groups (broad SMARTS) is 2. The fourth-order valence-electron chi connectivity index (χ4n) is 2.40. The number of urea groups is 2. The highest BCUT2D eigenvalue weighted by atomic mass is 16.4. The molecule has 1 rings (SSSR count). The zero-order valence-electron chi connectivity index (χ0n) is 16.4. The molecule has 10 heteroatoms. The molecule has 4 amide bonds. The Morgan fingerprint density at radius 3 is 2.14 bits per heavy atom. The Kier molecular flexibility index (Phi) is 10.6. The molecule has 0 unspecified atom stereocenters. The zero-order chi connectivity index (χ0) is 21.6. The number of carbonyl (C=O) groups is 4. The van der Waals surface area contributed by atoms with E-state index in [9.17, 15) is 24.3 Å². The monoisotopic (exact) mass is 408 g/mol. The number of hydrogen-bond donors (Lipinski definition) is 6. The summed E-state index contributed by atoms with van der Waals surface area (Å²) in [7, 11) is 0. The van der Waals surface area contributed by atoms with Crippen LogP contribution in [-0.4, -0.2) is 53.3 Å². The Morgan fingerprint density at radius 1 is 0.897 bits per heavy atom. The van der Waals surface area contributed by atoms with E-state index in [2.05, 4.69) is 21.3 Å². The van der Waals surface area contributed by atoms with E-state index < -0.39 is 24.0 Å². The van der Waals surface area contributed by atoms with Gasteiger partial charge < -0.3 is 31.5 Å². The van der Waals surface area contributed by atoms with Crippen molar-refractivity contribution in [1.29, 1.82) is 0 Å². The second-order valence-corrected chi connectivity index (χ2v) is 6.53. The Hall–Kier alpha value is -3.30. The lowest BCUT2D eigenvalue weighted by Crippen LogP contribution is -2.46. The van der Waals surface area contributed by atoms with Gasteiger partial charge in [-0.15, -0.1) is 0 Å². The van der Waals surface area contributed by atoms with Crippen molar-refractivity contribution in [2.24, 2.45) is 0 Å². The third-order valence-electron chi connectivity index (χ3n) is 3.97. The molecule has 0 fully saturated rings. The summed E-state index contributed by atoms with van der Waals surface area (Å²) in [6.45, 7) is 2.46. The van der Waals surface area contributed by atoms with E-state index in [1.54, 1.807) is 12.1 Å². The number of unbranched alkanes of at least 4 members (excludes halogenated alkanes) is 1. The van der Waals surface area contributed by atoms with Gasteiger partial charge in [-0.25, -0.2) is 14.4 Å². The van der Waals surface area contributed by atoms with Gasteiger partial charge in [0.05, 0.1) is 0 Å². The first kappa shape index (κ1) is 23.7. The number of aliphatic carboxylic acids is 2. The number of rotatable bonds is 12. The van der Waals surface area contributed by atoms with E-state index in [1.165, 1.54) is 0 Å². The van der Waals surface area contributed by atoms with Crippen molar-refractivity contribution in [2.45, 2.75) is 45.1 Å². The van der Waals surface area contributed by atoms with Gasteiger partial charge in [-0.1, -0.05) is 17.7 Å². The van der Waals surface area contributed by atoms with Gasteiger partial charge in [0.2, 0.25) is 0 Å². The number of amides is 4. The molecule has 0 aromatic heterocycles. The molecule has 0 saturated carbocycles. The first-order valence-electron chi connectivity index (χ1n) is 9.38. The SMILES string of the molecule is Cc1ccc(NC(=O)NCCCC[C@H](NC(=O)NCCCC(=O)O)C(=O)O)cc1. The highest BCUT2D eigenvalue weighted by Crippen LogP contribution is 2.08. The largest absolute Gasteiger partial charge is 0.481 e. The predicted molar refractivity (Wildman–Crippen MR) is 107 cm³/mol. The van der Waals surface area contributed by atoms with E-state index in [-0.39, 0.29) is 31.8 Å². The topological polar surface area (TPSA) is 157 Å². The Balaban J connectivity index is 2.21. The molecule has 0 radical (unpaired) electrons. The number of carbonyl (C=O) groups excluding carboxylic acids is 2. The van der Waals surface area contributed by atoms with E-state index in [0.717, 1.165) is 5.56 Å². The number of nitrogens with one attached hydrogen (secondary N) is 4. The van der Waals surface area contributed by atoms with Gasteiger partial charge >= 0.3 is 24.0 Å². The lowest BCUT2D eigenvalue weighted by Gasteiger charge is -2.15. The number of benzene rings is 1. The number of aryl methyl sites for hydroxylation is 1. The highest BCUT2D eigenvalue weighted by Gasteiger charge is 2.19. The lowest BCUT2D eigenvalue weighted by molar-refractivity contribution is -0.139. The van der Waals surface area contributed by atoms with Gasteiger partial charge in [0, 0.05) is 25.2 Å². The normalized spacial score (nSPS) is 11.2. The molecule has 0 spiro atoms. The van der Waals surface area contributed by atoms with Crippen LogP contribution in [0.5, 0.6) is 0 Å². The van der Waals surface area contributed by atoms with Crippen molar-refractivity contribution in [3.8, 4) is 0 Å². The minimum atomic E-state index is -1.16. The van der Waals surface area contributed by atoms with Crippen LogP contribution in [0.15, 0.2) is 24.3 Å². The van der Waals surface area contributed by atoms with Crippen LogP contribution in [0.4, 0.5) is 15.3 Å². The van der Waals surface area contributed by atoms with Gasteiger partial charge in [-0.2, -0.15) is 0 Å². The Morgan fingerprint density at radius 2 is 1.52 bits per heavy atom. The summed E-state index contributed by atoms with van der Waals surface area (Å²) in [6.07, 6.45) is 1.43. The van der Waals surface area contributed by atoms with Crippen molar-refractivity contribution in [1.82, 2.24) is 16.0 Å². The summed E-state index contributed by atoms with van der Waals surface area (Å²) in [5.41, 5.74) is 1.77. The van der Waals surface area contributed by atoms with Crippen molar-refractivity contribution >= 4 is 29.7 Å². The summed E-state index contributed by atoms with van der Waals surface area (Å²) in [6, 6.07) is 5.31. The zero-order valence-corrected chi connectivity index (χ0v) is 16.4. The quantitative estimate of drug-likeness (QED) is 0.290. The van der Waals surface area contributed by atoms with Gasteiger partial charge in [-0.05, 0) is 44.7 Å². The van der Waals surface area contributed by atoms with Crippen molar-refractivity contribution in [2.75, 3.05) is 18.4 Å². The maximum absolute atomic E-state index is 11.8. The van der Waals surface area contributed by atoms with Gasteiger partial charge in [-0.3, -0.25) is 4.79 Å². The third kappa shape index (κ3) is 11.2. The van der Waals surface area contributed by atoms with Gasteiger partial charge in [0.25, 0.3) is 0 Å². The molecule has 0 bridgehead atoms. The molecular formula is C19H28N4O6. The molecule has 1 atom stereocenters. The second-order valence-electron chi connectivity index (χ2n) is 6.53. The number of anilines is 1. The Labute approximate surface area is 169 Å². The third-order valence-corrected chi connectivity index (χ3v) is 3.97. The Bertz CT molecular complexity index is 692. The number of carboxylic acids is 2. The fraction of sp³-hybridized carbons (Fsp3) is 0.474. The van der Waals surface area contributed by atoms with Crippen molar-refractivity contribution < 1.29 is 29.4 Å². The maximum atomic E-state index is 11.8. The molecule has 0 saturated heterocycles. The van der Waals surface area contributed by atoms with Crippen LogP contribution < -0.4 is 21.3 Å². The molecular weight excluding hydrogens is 380 g/mol. The van der Waals surface area contributed by atoms with Gasteiger partial charge in [0.15, 0.2) is 0 Å². The summed E-state index contributed by atoms with van der Waals surface area (Å²) >= 11 is 0. The summed E-state index contributed by atoms with van der Waals surface area (Å²) < 4.78 is 0. The molecule has 0 heterocycles. The average Bonchev–Trinajstić information content (AvgIpc) is 2.65. The fourth-order valence-corrected chi connectivity index (χ4v) is 2.40. The molecule has 160 valence electrons. The smallest absolute Gasteiger partial charge is 0.326 e. The molecule has 0 aliphatic heterocycles. The molecule has 0 aliphatic rings. The molecule has 0 aliphatic carbocycles. The summed E-state index contributed by atoms with van der Waals surface area (Å²) in [5, 5.41) is 27.9. The first-order chi connectivity index (χ1) is 13.8. The van der Waals surface area contributed by atoms with Crippen LogP contribution in [-0.2, 0) is 9.59 Å². The van der Waals surface area contributed by atoms with Crippen LogP contribution in [0.2, 0.25) is 0 Å². The lowest BCUT2D eigenvalue weighted by atomic mass is 10.1. The molecule has 1 aromatic rings. The van der Waals surface area contributed by atoms with Crippen LogP contribution in [0.3, 0.4) is 0 Å². The van der Waals surface area contributed by atoms with Crippen LogP contribution in [0, 0.1) is 6.92 Å². The maximum Gasteiger partial charge on any atom is 0.326 e. The molecule has 29 heavy (non-hydrogen) atoms. The van der Waals surface area contributed by atoms with E-state index in [0.29, 0.717) is 25.1 Å². The number of hydrogen-bond acceptors (Lipinski definition) is 4. The van der Waals surface area contributed by atoms with Crippen molar-refractivity contribution in [3.63, 3.8) is 0 Å². The molecule has 6 N–H and O–H groups in total. The van der Waals surface area contributed by atoms with E-state index in [1.807, 2.05) is 19.1 Å². The van der Waals surface area contributed by atoms with Crippen LogP contribution in [0.25, 0.3) is 0 Å². The van der Waals surface area contributed by atoms with Gasteiger partial charge in [0.1, 0.15) is 6.04 Å². The molecule has 10 nitrogen and oxygen atoms in total. The van der Waals surface area contributed by atoms with Crippen molar-refractivity contribution in [3.05, 3.63) is 29.8 Å². The van der Waals surface area contributed by atoms with Crippen LogP contribution in [0.1, 0.15) is 37.7 Å². The van der Waals surface area contributed by atoms with Crippen LogP contribution >= 0.6 is 0 Å². The predicted octanol–water partition coefficient (Wildman–Crippen LogP) is 1.90. The first-order valence-corrected chi connectivity index (χ1v) is 9.38.